The number of aromatic nitrogens is 2. The average Bonchev–Trinajstić information content (AvgIpc) is 3.31. The molecular formula is C23H25N5O3. The Balaban J connectivity index is 1.17. The van der Waals surface area contributed by atoms with Crippen LogP contribution in [-0.4, -0.2) is 45.3 Å². The van der Waals surface area contributed by atoms with Crippen LogP contribution in [0.15, 0.2) is 54.6 Å². The monoisotopic (exact) mass is 419 g/mol. The van der Waals surface area contributed by atoms with Crippen molar-refractivity contribution in [2.45, 2.75) is 38.3 Å². The number of aromatic amines is 1. The van der Waals surface area contributed by atoms with E-state index < -0.39 is 12.1 Å². The topological polar surface area (TPSA) is 107 Å². The zero-order valence-electron chi connectivity index (χ0n) is 17.1. The minimum atomic E-state index is -0.655. The molecule has 0 aliphatic carbocycles. The second kappa shape index (κ2) is 9.42. The molecule has 1 unspecified atom stereocenters. The Morgan fingerprint density at radius 1 is 1.06 bits per heavy atom. The van der Waals surface area contributed by atoms with Gasteiger partial charge in [0.2, 0.25) is 5.91 Å². The average molecular weight is 419 g/mol. The number of benzene rings is 2. The van der Waals surface area contributed by atoms with Gasteiger partial charge in [0.25, 0.3) is 5.91 Å². The van der Waals surface area contributed by atoms with Crippen LogP contribution in [0.5, 0.6) is 0 Å². The number of imide groups is 1. The molecule has 1 fully saturated rings. The number of carbonyl (C=O) groups excluding carboxylic acids is 3. The highest BCUT2D eigenvalue weighted by molar-refractivity contribution is 6.04. The molecule has 0 bridgehead atoms. The van der Waals surface area contributed by atoms with Gasteiger partial charge in [-0.2, -0.15) is 0 Å². The first-order valence-corrected chi connectivity index (χ1v) is 10.5. The van der Waals surface area contributed by atoms with Gasteiger partial charge in [-0.05, 0) is 30.5 Å². The maximum Gasteiger partial charge on any atom is 0.325 e. The van der Waals surface area contributed by atoms with E-state index in [9.17, 15) is 14.4 Å². The lowest BCUT2D eigenvalue weighted by atomic mass is 10.1. The smallest absolute Gasteiger partial charge is 0.325 e. The van der Waals surface area contributed by atoms with Crippen molar-refractivity contribution >= 4 is 28.9 Å². The Kier molecular flexibility index (Phi) is 6.26. The fourth-order valence-corrected chi connectivity index (χ4v) is 3.66. The number of nitrogens with zero attached hydrogens (tertiary/aromatic N) is 2. The number of amides is 4. The molecular weight excluding hydrogens is 394 g/mol. The van der Waals surface area contributed by atoms with Crippen molar-refractivity contribution in [1.29, 1.82) is 0 Å². The van der Waals surface area contributed by atoms with E-state index >= 15 is 0 Å². The van der Waals surface area contributed by atoms with Gasteiger partial charge in [0.15, 0.2) is 0 Å². The van der Waals surface area contributed by atoms with Gasteiger partial charge in [-0.15, -0.1) is 0 Å². The zero-order chi connectivity index (χ0) is 21.6. The Bertz CT molecular complexity index is 1050. The minimum absolute atomic E-state index is 0.131. The molecule has 0 saturated carbocycles. The van der Waals surface area contributed by atoms with Crippen molar-refractivity contribution in [2.24, 2.45) is 0 Å². The molecule has 1 aromatic heterocycles. The maximum absolute atomic E-state index is 12.5. The van der Waals surface area contributed by atoms with Gasteiger partial charge in [0.05, 0.1) is 17.6 Å². The van der Waals surface area contributed by atoms with Crippen molar-refractivity contribution in [1.82, 2.24) is 25.5 Å². The lowest BCUT2D eigenvalue weighted by Gasteiger charge is -2.13. The summed E-state index contributed by atoms with van der Waals surface area (Å²) in [5, 5.41) is 5.55. The fourth-order valence-electron chi connectivity index (χ4n) is 3.66. The maximum atomic E-state index is 12.5. The molecule has 2 heterocycles. The summed E-state index contributed by atoms with van der Waals surface area (Å²) in [4.78, 5) is 45.8. The predicted octanol–water partition coefficient (Wildman–Crippen LogP) is 2.51. The highest BCUT2D eigenvalue weighted by atomic mass is 16.2. The zero-order valence-corrected chi connectivity index (χ0v) is 17.1. The van der Waals surface area contributed by atoms with Crippen molar-refractivity contribution < 1.29 is 14.4 Å². The van der Waals surface area contributed by atoms with E-state index in [-0.39, 0.29) is 31.2 Å². The van der Waals surface area contributed by atoms with Crippen LogP contribution >= 0.6 is 0 Å². The van der Waals surface area contributed by atoms with Crippen LogP contribution in [0.3, 0.4) is 0 Å². The van der Waals surface area contributed by atoms with Crippen molar-refractivity contribution in [3.8, 4) is 0 Å². The summed E-state index contributed by atoms with van der Waals surface area (Å²) >= 11 is 0. The first kappa shape index (κ1) is 20.6. The van der Waals surface area contributed by atoms with E-state index in [1.54, 1.807) is 0 Å². The highest BCUT2D eigenvalue weighted by Crippen LogP contribution is 2.15. The number of imidazole rings is 1. The summed E-state index contributed by atoms with van der Waals surface area (Å²) in [5.41, 5.74) is 2.83. The van der Waals surface area contributed by atoms with Gasteiger partial charge >= 0.3 is 6.03 Å². The van der Waals surface area contributed by atoms with Crippen LogP contribution in [0.2, 0.25) is 0 Å². The van der Waals surface area contributed by atoms with E-state index in [0.717, 1.165) is 35.3 Å². The number of aryl methyl sites for hydroxylation is 1. The third-order valence-electron chi connectivity index (χ3n) is 5.30. The Labute approximate surface area is 180 Å². The lowest BCUT2D eigenvalue weighted by Crippen LogP contribution is -2.32. The summed E-state index contributed by atoms with van der Waals surface area (Å²) in [6, 6.07) is 16.1. The molecule has 1 atom stereocenters. The van der Waals surface area contributed by atoms with Gasteiger partial charge in [-0.3, -0.25) is 14.5 Å². The van der Waals surface area contributed by atoms with Gasteiger partial charge in [-0.1, -0.05) is 42.5 Å². The molecule has 3 aromatic rings. The van der Waals surface area contributed by atoms with E-state index in [2.05, 4.69) is 20.6 Å². The second-order valence-electron chi connectivity index (χ2n) is 7.60. The number of para-hydroxylation sites is 2. The van der Waals surface area contributed by atoms with E-state index in [0.29, 0.717) is 6.54 Å². The standard InChI is InChI=1S/C23H25N5O3/c29-21(24-14-6-11-20-25-17-9-4-5-10-18(17)26-20)13-12-19-22(30)28(23(31)27-19)15-16-7-2-1-3-8-16/h1-5,7-10,19H,6,11-15H2,(H,24,29)(H,25,26)(H,27,31). The lowest BCUT2D eigenvalue weighted by molar-refractivity contribution is -0.128. The molecule has 160 valence electrons. The van der Waals surface area contributed by atoms with Crippen LogP contribution < -0.4 is 10.6 Å². The molecule has 3 N–H and O–H groups in total. The first-order valence-electron chi connectivity index (χ1n) is 10.5. The van der Waals surface area contributed by atoms with E-state index in [1.807, 2.05) is 54.6 Å². The van der Waals surface area contributed by atoms with E-state index in [1.165, 1.54) is 4.90 Å². The summed E-state index contributed by atoms with van der Waals surface area (Å²) in [6.45, 7) is 0.761. The number of carbonyl (C=O) groups is 3. The number of fused-ring (bicyclic) bond motifs is 1. The van der Waals surface area contributed by atoms with Crippen molar-refractivity contribution in [3.63, 3.8) is 0 Å². The van der Waals surface area contributed by atoms with Crippen LogP contribution in [-0.2, 0) is 22.6 Å². The number of hydrogen-bond donors (Lipinski definition) is 3. The Morgan fingerprint density at radius 2 is 1.84 bits per heavy atom. The Morgan fingerprint density at radius 3 is 2.65 bits per heavy atom. The first-order chi connectivity index (χ1) is 15.1. The number of urea groups is 1. The molecule has 0 radical (unpaired) electrons. The molecule has 1 saturated heterocycles. The third-order valence-corrected chi connectivity index (χ3v) is 5.30. The quantitative estimate of drug-likeness (QED) is 0.366. The van der Waals surface area contributed by atoms with Crippen LogP contribution in [0.1, 0.15) is 30.7 Å². The summed E-state index contributed by atoms with van der Waals surface area (Å²) < 4.78 is 0. The largest absolute Gasteiger partial charge is 0.356 e. The van der Waals surface area contributed by atoms with Crippen LogP contribution in [0.4, 0.5) is 4.79 Å². The van der Waals surface area contributed by atoms with Gasteiger partial charge in [0, 0.05) is 19.4 Å². The summed E-state index contributed by atoms with van der Waals surface area (Å²) in [7, 11) is 0. The molecule has 1 aliphatic rings. The summed E-state index contributed by atoms with van der Waals surface area (Å²) in [5.74, 6) is 0.480. The fraction of sp³-hybridized carbons (Fsp3) is 0.304. The molecule has 8 heteroatoms. The number of rotatable bonds is 9. The third kappa shape index (κ3) is 5.09. The second-order valence-corrected chi connectivity index (χ2v) is 7.60. The predicted molar refractivity (Wildman–Crippen MR) is 116 cm³/mol. The van der Waals surface area contributed by atoms with Gasteiger partial charge in [-0.25, -0.2) is 9.78 Å². The molecule has 0 spiro atoms. The molecule has 4 rings (SSSR count). The van der Waals surface area contributed by atoms with Crippen molar-refractivity contribution in [3.05, 3.63) is 66.0 Å². The molecule has 4 amide bonds. The SMILES string of the molecule is O=C(CCC1NC(=O)N(Cc2ccccc2)C1=O)NCCCc1nc2ccccc2[nH]1. The number of hydrogen-bond acceptors (Lipinski definition) is 4. The van der Waals surface area contributed by atoms with Crippen LogP contribution in [0, 0.1) is 0 Å². The summed E-state index contributed by atoms with van der Waals surface area (Å²) in [6.07, 6.45) is 1.96. The highest BCUT2D eigenvalue weighted by Gasteiger charge is 2.37. The molecule has 8 nitrogen and oxygen atoms in total. The van der Waals surface area contributed by atoms with Gasteiger partial charge in [0.1, 0.15) is 11.9 Å². The normalized spacial score (nSPS) is 16.0. The number of nitrogens with one attached hydrogen (secondary N) is 3. The molecule has 2 aromatic carbocycles. The van der Waals surface area contributed by atoms with Crippen molar-refractivity contribution in [2.75, 3.05) is 6.54 Å². The Hall–Kier alpha value is -3.68. The number of H-pyrrole nitrogens is 1. The van der Waals surface area contributed by atoms with Crippen LogP contribution in [0.25, 0.3) is 11.0 Å². The van der Waals surface area contributed by atoms with E-state index in [4.69, 9.17) is 0 Å². The van der Waals surface area contributed by atoms with Gasteiger partial charge < -0.3 is 15.6 Å². The molecule has 1 aliphatic heterocycles. The molecule has 31 heavy (non-hydrogen) atoms. The minimum Gasteiger partial charge on any atom is -0.356 e.